The molecule has 3 rings (SSSR count). The van der Waals surface area contributed by atoms with E-state index in [-0.39, 0.29) is 17.9 Å². The summed E-state index contributed by atoms with van der Waals surface area (Å²) in [6, 6.07) is 13.6. The molecule has 1 saturated heterocycles. The van der Waals surface area contributed by atoms with Crippen molar-refractivity contribution in [2.75, 3.05) is 0 Å². The van der Waals surface area contributed by atoms with E-state index in [9.17, 15) is 14.7 Å². The minimum Gasteiger partial charge on any atom is -0.480 e. The molecule has 0 radical (unpaired) electrons. The largest absolute Gasteiger partial charge is 0.480 e. The van der Waals surface area contributed by atoms with E-state index in [1.807, 2.05) is 30.3 Å². The van der Waals surface area contributed by atoms with Gasteiger partial charge >= 0.3 is 5.97 Å². The van der Waals surface area contributed by atoms with Crippen molar-refractivity contribution in [3.63, 3.8) is 0 Å². The molecule has 142 valence electrons. The Morgan fingerprint density at radius 3 is 2.44 bits per heavy atom. The molecule has 1 N–H and O–H groups in total. The Morgan fingerprint density at radius 2 is 1.85 bits per heavy atom. The standard InChI is InChI=1S/C21H21Cl2NO3/c1-2-18(21(26)27)24-19(25)11-10-17(14-4-3-5-16(23)12-14)20(24)13-6-8-15(22)9-7-13/h3-9,12,17-18,20H,2,10-11H2,1H3,(H,26,27)/t17-,18?,20-/m1/s1. The van der Waals surface area contributed by atoms with Gasteiger partial charge < -0.3 is 10.0 Å². The predicted molar refractivity (Wildman–Crippen MR) is 106 cm³/mol. The Labute approximate surface area is 168 Å². The number of carboxylic acid groups (broad SMARTS) is 1. The normalized spacial score (nSPS) is 21.1. The Balaban J connectivity index is 2.13. The zero-order valence-electron chi connectivity index (χ0n) is 14.9. The van der Waals surface area contributed by atoms with Crippen LogP contribution in [0.3, 0.4) is 0 Å². The van der Waals surface area contributed by atoms with Crippen LogP contribution in [-0.4, -0.2) is 27.9 Å². The predicted octanol–water partition coefficient (Wildman–Crippen LogP) is 5.30. The maximum Gasteiger partial charge on any atom is 0.326 e. The first kappa shape index (κ1) is 19.7. The van der Waals surface area contributed by atoms with Crippen molar-refractivity contribution in [3.8, 4) is 0 Å². The fourth-order valence-electron chi connectivity index (χ4n) is 3.91. The molecule has 2 aromatic rings. The van der Waals surface area contributed by atoms with Crippen LogP contribution >= 0.6 is 23.2 Å². The summed E-state index contributed by atoms with van der Waals surface area (Å²) in [5, 5.41) is 10.9. The zero-order chi connectivity index (χ0) is 19.6. The van der Waals surface area contributed by atoms with E-state index in [1.165, 1.54) is 0 Å². The second kappa shape index (κ2) is 8.32. The number of carbonyl (C=O) groups is 2. The first-order valence-corrected chi connectivity index (χ1v) is 9.73. The van der Waals surface area contributed by atoms with Crippen LogP contribution in [0.2, 0.25) is 10.0 Å². The number of likely N-dealkylation sites (tertiary alicyclic amines) is 1. The third kappa shape index (κ3) is 4.12. The lowest BCUT2D eigenvalue weighted by Gasteiger charge is -2.44. The van der Waals surface area contributed by atoms with E-state index in [0.29, 0.717) is 29.3 Å². The molecular formula is C21H21Cl2NO3. The molecule has 1 fully saturated rings. The van der Waals surface area contributed by atoms with Crippen molar-refractivity contribution < 1.29 is 14.7 Å². The third-order valence-electron chi connectivity index (χ3n) is 5.13. The molecule has 4 nitrogen and oxygen atoms in total. The minimum atomic E-state index is -0.989. The summed E-state index contributed by atoms with van der Waals surface area (Å²) >= 11 is 12.2. The van der Waals surface area contributed by atoms with Gasteiger partial charge in [-0.25, -0.2) is 4.79 Å². The average molecular weight is 406 g/mol. The number of hydrogen-bond acceptors (Lipinski definition) is 2. The molecular weight excluding hydrogens is 385 g/mol. The van der Waals surface area contributed by atoms with E-state index in [4.69, 9.17) is 23.2 Å². The second-order valence-electron chi connectivity index (χ2n) is 6.76. The highest BCUT2D eigenvalue weighted by molar-refractivity contribution is 6.30. The lowest BCUT2D eigenvalue weighted by molar-refractivity contribution is -0.155. The Bertz CT molecular complexity index is 838. The number of benzene rings is 2. The minimum absolute atomic E-state index is 0.0454. The smallest absolute Gasteiger partial charge is 0.326 e. The molecule has 6 heteroatoms. The fourth-order valence-corrected chi connectivity index (χ4v) is 4.24. The Kier molecular flexibility index (Phi) is 6.08. The number of halogens is 2. The van der Waals surface area contributed by atoms with Gasteiger partial charge in [0.25, 0.3) is 0 Å². The highest BCUT2D eigenvalue weighted by Crippen LogP contribution is 2.45. The monoisotopic (exact) mass is 405 g/mol. The van der Waals surface area contributed by atoms with Gasteiger partial charge in [-0.2, -0.15) is 0 Å². The van der Waals surface area contributed by atoms with Crippen molar-refractivity contribution in [2.24, 2.45) is 0 Å². The zero-order valence-corrected chi connectivity index (χ0v) is 16.5. The van der Waals surface area contributed by atoms with Gasteiger partial charge in [0, 0.05) is 22.4 Å². The molecule has 0 aliphatic carbocycles. The second-order valence-corrected chi connectivity index (χ2v) is 7.63. The fraction of sp³-hybridized carbons (Fsp3) is 0.333. The molecule has 1 heterocycles. The van der Waals surface area contributed by atoms with Crippen LogP contribution in [0.4, 0.5) is 0 Å². The van der Waals surface area contributed by atoms with Gasteiger partial charge in [0.05, 0.1) is 6.04 Å². The molecule has 1 aliphatic heterocycles. The highest BCUT2D eigenvalue weighted by Gasteiger charge is 2.42. The van der Waals surface area contributed by atoms with Gasteiger partial charge in [0.15, 0.2) is 0 Å². The third-order valence-corrected chi connectivity index (χ3v) is 5.62. The number of carboxylic acids is 1. The summed E-state index contributed by atoms with van der Waals surface area (Å²) in [5.74, 6) is -1.17. The Hall–Kier alpha value is -2.04. The van der Waals surface area contributed by atoms with Crippen molar-refractivity contribution >= 4 is 35.1 Å². The molecule has 0 saturated carbocycles. The van der Waals surface area contributed by atoms with Gasteiger partial charge in [0.2, 0.25) is 5.91 Å². The van der Waals surface area contributed by atoms with Crippen molar-refractivity contribution in [1.82, 2.24) is 4.90 Å². The van der Waals surface area contributed by atoms with E-state index in [0.717, 1.165) is 11.1 Å². The number of amides is 1. The molecule has 0 bridgehead atoms. The maximum atomic E-state index is 12.8. The van der Waals surface area contributed by atoms with E-state index in [1.54, 1.807) is 30.0 Å². The first-order chi connectivity index (χ1) is 12.9. The summed E-state index contributed by atoms with van der Waals surface area (Å²) in [6.45, 7) is 1.79. The summed E-state index contributed by atoms with van der Waals surface area (Å²) in [4.78, 5) is 26.2. The van der Waals surface area contributed by atoms with Crippen LogP contribution in [0.25, 0.3) is 0 Å². The molecule has 0 aromatic heterocycles. The molecule has 2 aromatic carbocycles. The number of aliphatic carboxylic acids is 1. The van der Waals surface area contributed by atoms with Gasteiger partial charge in [-0.3, -0.25) is 4.79 Å². The van der Waals surface area contributed by atoms with Crippen molar-refractivity contribution in [3.05, 3.63) is 69.7 Å². The summed E-state index contributed by atoms with van der Waals surface area (Å²) < 4.78 is 0. The van der Waals surface area contributed by atoms with E-state index < -0.39 is 12.0 Å². The van der Waals surface area contributed by atoms with Crippen LogP contribution in [0, 0.1) is 0 Å². The van der Waals surface area contributed by atoms with E-state index in [2.05, 4.69) is 0 Å². The molecule has 1 amide bonds. The first-order valence-electron chi connectivity index (χ1n) is 8.97. The van der Waals surface area contributed by atoms with Crippen LogP contribution in [-0.2, 0) is 9.59 Å². The highest BCUT2D eigenvalue weighted by atomic mass is 35.5. The lowest BCUT2D eigenvalue weighted by atomic mass is 9.79. The Morgan fingerprint density at radius 1 is 1.15 bits per heavy atom. The van der Waals surface area contributed by atoms with Crippen LogP contribution < -0.4 is 0 Å². The van der Waals surface area contributed by atoms with Gasteiger partial charge in [-0.15, -0.1) is 0 Å². The van der Waals surface area contributed by atoms with Crippen LogP contribution in [0.15, 0.2) is 48.5 Å². The quantitative estimate of drug-likeness (QED) is 0.733. The van der Waals surface area contributed by atoms with Crippen molar-refractivity contribution in [1.29, 1.82) is 0 Å². The molecule has 0 spiro atoms. The SMILES string of the molecule is CCC(C(=O)O)N1C(=O)CC[C@H](c2cccc(Cl)c2)[C@H]1c1ccc(Cl)cc1. The average Bonchev–Trinajstić information content (AvgIpc) is 2.64. The molecule has 1 aliphatic rings. The number of piperidine rings is 1. The number of nitrogens with zero attached hydrogens (tertiary/aromatic N) is 1. The van der Waals surface area contributed by atoms with Gasteiger partial charge in [-0.05, 0) is 48.2 Å². The topological polar surface area (TPSA) is 57.6 Å². The van der Waals surface area contributed by atoms with Crippen LogP contribution in [0.5, 0.6) is 0 Å². The summed E-state index contributed by atoms with van der Waals surface area (Å²) in [5.41, 5.74) is 1.87. The van der Waals surface area contributed by atoms with Gasteiger partial charge in [-0.1, -0.05) is 54.4 Å². The van der Waals surface area contributed by atoms with E-state index >= 15 is 0 Å². The summed E-state index contributed by atoms with van der Waals surface area (Å²) in [6.07, 6.45) is 1.29. The van der Waals surface area contributed by atoms with Crippen molar-refractivity contribution in [2.45, 2.75) is 44.2 Å². The number of carbonyl (C=O) groups excluding carboxylic acids is 1. The number of hydrogen-bond donors (Lipinski definition) is 1. The molecule has 27 heavy (non-hydrogen) atoms. The molecule has 3 atom stereocenters. The van der Waals surface area contributed by atoms with Crippen LogP contribution in [0.1, 0.15) is 49.3 Å². The lowest BCUT2D eigenvalue weighted by Crippen LogP contribution is -2.50. The summed E-state index contributed by atoms with van der Waals surface area (Å²) in [7, 11) is 0. The maximum absolute atomic E-state index is 12.8. The number of rotatable bonds is 5. The van der Waals surface area contributed by atoms with Gasteiger partial charge in [0.1, 0.15) is 6.04 Å². The molecule has 1 unspecified atom stereocenters.